The first-order valence-corrected chi connectivity index (χ1v) is 9.86. The van der Waals surface area contributed by atoms with Gasteiger partial charge in [0.25, 0.3) is 0 Å². The van der Waals surface area contributed by atoms with Crippen molar-refractivity contribution < 1.29 is 14.7 Å². The van der Waals surface area contributed by atoms with Gasteiger partial charge in [0, 0.05) is 31.5 Å². The zero-order valence-corrected chi connectivity index (χ0v) is 15.4. The number of carboxylic acid groups (broad SMARTS) is 1. The summed E-state index contributed by atoms with van der Waals surface area (Å²) in [4.78, 5) is 26.3. The van der Waals surface area contributed by atoms with Crippen LogP contribution in [0, 0.1) is 0 Å². The van der Waals surface area contributed by atoms with Gasteiger partial charge in [0.2, 0.25) is 0 Å². The highest BCUT2D eigenvalue weighted by Gasteiger charge is 2.38. The van der Waals surface area contributed by atoms with E-state index >= 15 is 0 Å². The molecule has 1 saturated carbocycles. The summed E-state index contributed by atoms with van der Waals surface area (Å²) in [7, 11) is 0. The van der Waals surface area contributed by atoms with E-state index in [1.165, 1.54) is 0 Å². The number of hydrogen-bond donors (Lipinski definition) is 2. The first-order valence-electron chi connectivity index (χ1n) is 9.86. The number of amides is 2. The molecule has 0 aromatic carbocycles. The Morgan fingerprint density at radius 2 is 2.00 bits per heavy atom. The van der Waals surface area contributed by atoms with Crippen LogP contribution in [0.4, 0.5) is 4.79 Å². The summed E-state index contributed by atoms with van der Waals surface area (Å²) in [5, 5.41) is 16.7. The smallest absolute Gasteiger partial charge is 0.318 e. The molecule has 0 bridgehead atoms. The Bertz CT molecular complexity index is 596. The molecule has 0 unspecified atom stereocenters. The number of carboxylic acids is 1. The van der Waals surface area contributed by atoms with E-state index < -0.39 is 11.5 Å². The van der Waals surface area contributed by atoms with Crippen molar-refractivity contribution in [2.45, 2.75) is 82.3 Å². The van der Waals surface area contributed by atoms with Gasteiger partial charge in [-0.3, -0.25) is 9.48 Å². The van der Waals surface area contributed by atoms with Gasteiger partial charge in [-0.1, -0.05) is 19.3 Å². The number of hydrogen-bond acceptors (Lipinski definition) is 3. The third-order valence-electron chi connectivity index (χ3n) is 5.81. The molecule has 7 heteroatoms. The average Bonchev–Trinajstić information content (AvgIpc) is 3.13. The number of carbonyl (C=O) groups excluding carboxylic acids is 1. The Morgan fingerprint density at radius 1 is 1.19 bits per heavy atom. The van der Waals surface area contributed by atoms with Crippen LogP contribution in [0.15, 0.2) is 18.5 Å². The maximum Gasteiger partial charge on any atom is 0.318 e. The molecule has 2 fully saturated rings. The molecular weight excluding hydrogens is 332 g/mol. The maximum atomic E-state index is 13.0. The summed E-state index contributed by atoms with van der Waals surface area (Å²) in [6.45, 7) is 1.54. The number of rotatable bonds is 6. The number of nitrogens with zero attached hydrogens (tertiary/aromatic N) is 3. The van der Waals surface area contributed by atoms with Crippen LogP contribution >= 0.6 is 0 Å². The standard InChI is InChI=1S/C19H30N4O3/c24-17(25)15-19(9-3-1-4-10-19)21-18(26)23-13-5-2-7-16(23)8-14-22-12-6-11-20-22/h6,11-12,16H,1-5,7-10,13-15H2,(H,21,26)(H,24,25)/t16-/m1/s1. The van der Waals surface area contributed by atoms with Crippen LogP contribution in [0.25, 0.3) is 0 Å². The first-order chi connectivity index (χ1) is 12.6. The van der Waals surface area contributed by atoms with E-state index in [1.807, 2.05) is 21.8 Å². The molecule has 144 valence electrons. The second-order valence-corrected chi connectivity index (χ2v) is 7.74. The van der Waals surface area contributed by atoms with Crippen LogP contribution in [-0.2, 0) is 11.3 Å². The number of aromatic nitrogens is 2. The number of urea groups is 1. The Hall–Kier alpha value is -2.05. The van der Waals surface area contributed by atoms with Crippen LogP contribution < -0.4 is 5.32 Å². The molecule has 1 aromatic rings. The Balaban J connectivity index is 1.63. The molecule has 1 aliphatic heterocycles. The van der Waals surface area contributed by atoms with Crippen LogP contribution in [-0.4, -0.2) is 49.9 Å². The molecule has 2 N–H and O–H groups in total. The molecule has 2 aliphatic rings. The van der Waals surface area contributed by atoms with Gasteiger partial charge in [-0.25, -0.2) is 4.79 Å². The van der Waals surface area contributed by atoms with Gasteiger partial charge in [0.15, 0.2) is 0 Å². The number of likely N-dealkylation sites (tertiary alicyclic amines) is 1. The van der Waals surface area contributed by atoms with Gasteiger partial charge >= 0.3 is 12.0 Å². The minimum atomic E-state index is -0.832. The van der Waals surface area contributed by atoms with Crippen molar-refractivity contribution in [1.82, 2.24) is 20.0 Å². The minimum absolute atomic E-state index is 0.0184. The summed E-state index contributed by atoms with van der Waals surface area (Å²) >= 11 is 0. The number of carbonyl (C=O) groups is 2. The van der Waals surface area contributed by atoms with E-state index in [-0.39, 0.29) is 18.5 Å². The summed E-state index contributed by atoms with van der Waals surface area (Å²) in [5.41, 5.74) is -0.578. The Morgan fingerprint density at radius 3 is 2.69 bits per heavy atom. The predicted octanol–water partition coefficient (Wildman–Crippen LogP) is 3.01. The molecule has 2 amide bonds. The molecule has 0 spiro atoms. The Labute approximate surface area is 154 Å². The van der Waals surface area contributed by atoms with Gasteiger partial charge in [0.1, 0.15) is 0 Å². The molecule has 3 rings (SSSR count). The fourth-order valence-electron chi connectivity index (χ4n) is 4.44. The molecule has 26 heavy (non-hydrogen) atoms. The fourth-order valence-corrected chi connectivity index (χ4v) is 4.44. The molecule has 1 saturated heterocycles. The molecule has 2 heterocycles. The number of piperidine rings is 1. The Kier molecular flexibility index (Phi) is 6.16. The summed E-state index contributed by atoms with van der Waals surface area (Å²) in [6.07, 6.45) is 12.4. The lowest BCUT2D eigenvalue weighted by atomic mass is 9.79. The van der Waals surface area contributed by atoms with Gasteiger partial charge in [0.05, 0.1) is 12.0 Å². The third-order valence-corrected chi connectivity index (χ3v) is 5.81. The maximum absolute atomic E-state index is 13.0. The fraction of sp³-hybridized carbons (Fsp3) is 0.737. The quantitative estimate of drug-likeness (QED) is 0.814. The SMILES string of the molecule is O=C(O)CC1(NC(=O)N2CCCC[C@@H]2CCn2cccn2)CCCCC1. The largest absolute Gasteiger partial charge is 0.481 e. The monoisotopic (exact) mass is 362 g/mol. The normalized spacial score (nSPS) is 22.8. The highest BCUT2D eigenvalue weighted by molar-refractivity contribution is 5.77. The van der Waals surface area contributed by atoms with Crippen molar-refractivity contribution in [3.05, 3.63) is 18.5 Å². The zero-order chi connectivity index (χ0) is 18.4. The zero-order valence-electron chi connectivity index (χ0n) is 15.4. The van der Waals surface area contributed by atoms with E-state index in [9.17, 15) is 14.7 Å². The lowest BCUT2D eigenvalue weighted by Gasteiger charge is -2.42. The van der Waals surface area contributed by atoms with Crippen LogP contribution in [0.5, 0.6) is 0 Å². The first kappa shape index (κ1) is 18.7. The van der Waals surface area contributed by atoms with Gasteiger partial charge in [-0.05, 0) is 44.6 Å². The summed E-state index contributed by atoms with van der Waals surface area (Å²) < 4.78 is 1.90. The van der Waals surface area contributed by atoms with Crippen LogP contribution in [0.1, 0.15) is 64.2 Å². The number of nitrogens with one attached hydrogen (secondary N) is 1. The lowest BCUT2D eigenvalue weighted by molar-refractivity contribution is -0.139. The minimum Gasteiger partial charge on any atom is -0.481 e. The molecule has 1 aromatic heterocycles. The van der Waals surface area contributed by atoms with Gasteiger partial charge in [-0.15, -0.1) is 0 Å². The van der Waals surface area contributed by atoms with Gasteiger partial charge < -0.3 is 15.3 Å². The van der Waals surface area contributed by atoms with Crippen molar-refractivity contribution in [1.29, 1.82) is 0 Å². The highest BCUT2D eigenvalue weighted by Crippen LogP contribution is 2.32. The topological polar surface area (TPSA) is 87.5 Å². The van der Waals surface area contributed by atoms with Crippen LogP contribution in [0.3, 0.4) is 0 Å². The summed E-state index contributed by atoms with van der Waals surface area (Å²) in [6, 6.07) is 2.01. The van der Waals surface area contributed by atoms with Crippen molar-refractivity contribution >= 4 is 12.0 Å². The molecule has 1 atom stereocenters. The van der Waals surface area contributed by atoms with E-state index in [1.54, 1.807) is 6.20 Å². The molecular formula is C19H30N4O3. The van der Waals surface area contributed by atoms with Crippen molar-refractivity contribution in [3.63, 3.8) is 0 Å². The van der Waals surface area contributed by atoms with E-state index in [2.05, 4.69) is 10.4 Å². The van der Waals surface area contributed by atoms with E-state index in [4.69, 9.17) is 0 Å². The predicted molar refractivity (Wildman–Crippen MR) is 97.8 cm³/mol. The van der Waals surface area contributed by atoms with Gasteiger partial charge in [-0.2, -0.15) is 5.10 Å². The van der Waals surface area contributed by atoms with Crippen molar-refractivity contribution in [3.8, 4) is 0 Å². The average molecular weight is 362 g/mol. The molecule has 1 aliphatic carbocycles. The van der Waals surface area contributed by atoms with E-state index in [0.717, 1.165) is 70.9 Å². The number of aryl methyl sites for hydroxylation is 1. The van der Waals surface area contributed by atoms with Crippen molar-refractivity contribution in [2.75, 3.05) is 6.54 Å². The lowest BCUT2D eigenvalue weighted by Crippen LogP contribution is -2.58. The van der Waals surface area contributed by atoms with E-state index in [0.29, 0.717) is 0 Å². The molecule has 0 radical (unpaired) electrons. The second kappa shape index (κ2) is 8.56. The van der Waals surface area contributed by atoms with Crippen LogP contribution in [0.2, 0.25) is 0 Å². The second-order valence-electron chi connectivity index (χ2n) is 7.74. The third kappa shape index (κ3) is 4.77. The summed E-state index contributed by atoms with van der Waals surface area (Å²) in [5.74, 6) is -0.832. The highest BCUT2D eigenvalue weighted by atomic mass is 16.4. The molecule has 7 nitrogen and oxygen atoms in total. The van der Waals surface area contributed by atoms with Crippen molar-refractivity contribution in [2.24, 2.45) is 0 Å². The number of aliphatic carboxylic acids is 1.